The number of benzene rings is 1. The van der Waals surface area contributed by atoms with Crippen LogP contribution in [0.3, 0.4) is 0 Å². The molecule has 0 spiro atoms. The minimum atomic E-state index is 0.225. The maximum Gasteiger partial charge on any atom is 0.187 e. The molecule has 0 aliphatic rings. The van der Waals surface area contributed by atoms with Crippen LogP contribution in [-0.2, 0) is 5.88 Å². The van der Waals surface area contributed by atoms with Crippen LogP contribution in [0.15, 0.2) is 23.6 Å². The zero-order chi connectivity index (χ0) is 11.5. The molecule has 0 radical (unpaired) electrons. The van der Waals surface area contributed by atoms with Crippen molar-refractivity contribution in [2.75, 3.05) is 5.32 Å². The van der Waals surface area contributed by atoms with Gasteiger partial charge in [0, 0.05) is 5.38 Å². The number of halogens is 1. The van der Waals surface area contributed by atoms with Crippen LogP contribution in [-0.4, -0.2) is 10.1 Å². The molecule has 0 saturated carbocycles. The summed E-state index contributed by atoms with van der Waals surface area (Å²) in [6.45, 7) is 1.93. The van der Waals surface area contributed by atoms with Crippen LogP contribution in [0, 0.1) is 6.92 Å². The average molecular weight is 255 g/mol. The second-order valence-corrected chi connectivity index (χ2v) is 4.55. The molecule has 0 aliphatic heterocycles. The Morgan fingerprint density at radius 1 is 1.50 bits per heavy atom. The van der Waals surface area contributed by atoms with Gasteiger partial charge in [-0.1, -0.05) is 6.07 Å². The molecule has 0 atom stereocenters. The van der Waals surface area contributed by atoms with Gasteiger partial charge in [0.25, 0.3) is 0 Å². The number of aromatic hydroxyl groups is 1. The summed E-state index contributed by atoms with van der Waals surface area (Å²) >= 11 is 7.13. The van der Waals surface area contributed by atoms with Crippen LogP contribution < -0.4 is 5.32 Å². The minimum absolute atomic E-state index is 0.225. The first-order valence-electron chi connectivity index (χ1n) is 4.76. The lowest BCUT2D eigenvalue weighted by atomic mass is 10.2. The molecule has 2 N–H and O–H groups in total. The first-order chi connectivity index (χ1) is 7.69. The summed E-state index contributed by atoms with van der Waals surface area (Å²) in [5, 5.41) is 15.4. The van der Waals surface area contributed by atoms with Gasteiger partial charge in [0.05, 0.1) is 17.3 Å². The molecule has 2 aromatic rings. The summed E-state index contributed by atoms with van der Waals surface area (Å²) in [5.74, 6) is 0.626. The van der Waals surface area contributed by atoms with Crippen molar-refractivity contribution in [1.82, 2.24) is 4.98 Å². The molecule has 2 rings (SSSR count). The molecule has 0 amide bonds. The van der Waals surface area contributed by atoms with Gasteiger partial charge in [-0.25, -0.2) is 4.98 Å². The van der Waals surface area contributed by atoms with Crippen molar-refractivity contribution < 1.29 is 5.11 Å². The van der Waals surface area contributed by atoms with Crippen molar-refractivity contribution in [3.63, 3.8) is 0 Å². The second kappa shape index (κ2) is 4.72. The second-order valence-electron chi connectivity index (χ2n) is 3.42. The lowest BCUT2D eigenvalue weighted by Gasteiger charge is -2.05. The predicted molar refractivity (Wildman–Crippen MR) is 67.8 cm³/mol. The highest BCUT2D eigenvalue weighted by Crippen LogP contribution is 2.29. The van der Waals surface area contributed by atoms with E-state index in [1.54, 1.807) is 6.07 Å². The predicted octanol–water partition coefficient (Wildman–Crippen LogP) is 3.64. The lowest BCUT2D eigenvalue weighted by molar-refractivity contribution is 0.477. The number of hydrogen-bond donors (Lipinski definition) is 2. The number of anilines is 2. The zero-order valence-electron chi connectivity index (χ0n) is 8.70. The molecular formula is C11H11ClN2OS. The van der Waals surface area contributed by atoms with Crippen molar-refractivity contribution in [2.45, 2.75) is 12.8 Å². The van der Waals surface area contributed by atoms with Crippen molar-refractivity contribution in [3.05, 3.63) is 34.8 Å². The molecule has 1 aromatic heterocycles. The van der Waals surface area contributed by atoms with Gasteiger partial charge in [0.15, 0.2) is 5.13 Å². The van der Waals surface area contributed by atoms with E-state index in [2.05, 4.69) is 10.3 Å². The Kier molecular flexibility index (Phi) is 3.31. The number of nitrogens with one attached hydrogen (secondary N) is 1. The molecule has 0 saturated heterocycles. The summed E-state index contributed by atoms with van der Waals surface area (Å²) in [4.78, 5) is 4.25. The van der Waals surface area contributed by atoms with E-state index in [4.69, 9.17) is 11.6 Å². The molecule has 16 heavy (non-hydrogen) atoms. The topological polar surface area (TPSA) is 45.2 Å². The number of alkyl halides is 1. The zero-order valence-corrected chi connectivity index (χ0v) is 10.3. The van der Waals surface area contributed by atoms with E-state index in [1.165, 1.54) is 11.3 Å². The third-order valence-corrected chi connectivity index (χ3v) is 3.16. The molecule has 84 valence electrons. The largest absolute Gasteiger partial charge is 0.506 e. The van der Waals surface area contributed by atoms with Crippen LogP contribution in [0.5, 0.6) is 5.75 Å². The monoisotopic (exact) mass is 254 g/mol. The number of hydrogen-bond acceptors (Lipinski definition) is 4. The summed E-state index contributed by atoms with van der Waals surface area (Å²) < 4.78 is 0. The molecule has 3 nitrogen and oxygen atoms in total. The van der Waals surface area contributed by atoms with Crippen molar-refractivity contribution >= 4 is 33.8 Å². The summed E-state index contributed by atoms with van der Waals surface area (Å²) in [6, 6.07) is 5.46. The Labute approximate surface area is 103 Å². The van der Waals surface area contributed by atoms with Gasteiger partial charge in [0.2, 0.25) is 0 Å². The van der Waals surface area contributed by atoms with E-state index in [-0.39, 0.29) is 5.75 Å². The number of phenols is 1. The molecule has 5 heteroatoms. The Morgan fingerprint density at radius 3 is 2.94 bits per heavy atom. The van der Waals surface area contributed by atoms with Crippen LogP contribution in [0.4, 0.5) is 10.8 Å². The molecular weight excluding hydrogens is 244 g/mol. The standard InChI is InChI=1S/C11H11ClN2OS/c1-7-2-3-9(10(15)4-7)14-11-13-8(5-12)6-16-11/h2-4,6,15H,5H2,1H3,(H,13,14). The molecule has 0 fully saturated rings. The first kappa shape index (κ1) is 11.2. The third kappa shape index (κ3) is 2.46. The molecule has 1 heterocycles. The van der Waals surface area contributed by atoms with E-state index in [9.17, 15) is 5.11 Å². The normalized spacial score (nSPS) is 10.4. The Hall–Kier alpha value is -1.26. The van der Waals surface area contributed by atoms with Crippen molar-refractivity contribution in [1.29, 1.82) is 0 Å². The molecule has 0 unspecified atom stereocenters. The lowest BCUT2D eigenvalue weighted by Crippen LogP contribution is -1.90. The van der Waals surface area contributed by atoms with E-state index >= 15 is 0 Å². The highest BCUT2D eigenvalue weighted by molar-refractivity contribution is 7.13. The fourth-order valence-electron chi connectivity index (χ4n) is 1.29. The summed E-state index contributed by atoms with van der Waals surface area (Å²) in [6.07, 6.45) is 0. The van der Waals surface area contributed by atoms with Gasteiger partial charge in [-0.3, -0.25) is 0 Å². The third-order valence-electron chi connectivity index (χ3n) is 2.08. The van der Waals surface area contributed by atoms with E-state index in [0.717, 1.165) is 16.4 Å². The Bertz CT molecular complexity index is 498. The number of nitrogens with zero attached hydrogens (tertiary/aromatic N) is 1. The average Bonchev–Trinajstić information content (AvgIpc) is 2.70. The highest BCUT2D eigenvalue weighted by Gasteiger charge is 2.04. The molecule has 0 bridgehead atoms. The Morgan fingerprint density at radius 2 is 2.31 bits per heavy atom. The number of aryl methyl sites for hydroxylation is 1. The number of aromatic nitrogens is 1. The molecule has 0 aliphatic carbocycles. The van der Waals surface area contributed by atoms with Gasteiger partial charge >= 0.3 is 0 Å². The summed E-state index contributed by atoms with van der Waals surface area (Å²) in [5.41, 5.74) is 2.51. The van der Waals surface area contributed by atoms with Crippen molar-refractivity contribution in [2.24, 2.45) is 0 Å². The van der Waals surface area contributed by atoms with Gasteiger partial charge in [-0.2, -0.15) is 0 Å². The first-order valence-corrected chi connectivity index (χ1v) is 6.17. The minimum Gasteiger partial charge on any atom is -0.506 e. The Balaban J connectivity index is 2.20. The van der Waals surface area contributed by atoms with Gasteiger partial charge in [-0.15, -0.1) is 22.9 Å². The van der Waals surface area contributed by atoms with Gasteiger partial charge in [0.1, 0.15) is 5.75 Å². The van der Waals surface area contributed by atoms with Crippen LogP contribution in [0.25, 0.3) is 0 Å². The fraction of sp³-hybridized carbons (Fsp3) is 0.182. The quantitative estimate of drug-likeness (QED) is 0.649. The summed E-state index contributed by atoms with van der Waals surface area (Å²) in [7, 11) is 0. The fourth-order valence-corrected chi connectivity index (χ4v) is 2.24. The van der Waals surface area contributed by atoms with Crippen LogP contribution >= 0.6 is 22.9 Å². The maximum atomic E-state index is 9.70. The smallest absolute Gasteiger partial charge is 0.187 e. The maximum absolute atomic E-state index is 9.70. The van der Waals surface area contributed by atoms with E-state index < -0.39 is 0 Å². The highest BCUT2D eigenvalue weighted by atomic mass is 35.5. The molecule has 1 aromatic carbocycles. The van der Waals surface area contributed by atoms with E-state index in [1.807, 2.05) is 24.4 Å². The van der Waals surface area contributed by atoms with Crippen LogP contribution in [0.2, 0.25) is 0 Å². The van der Waals surface area contributed by atoms with Gasteiger partial charge < -0.3 is 10.4 Å². The number of rotatable bonds is 3. The SMILES string of the molecule is Cc1ccc(Nc2nc(CCl)cs2)c(O)c1. The van der Waals surface area contributed by atoms with Gasteiger partial charge in [-0.05, 0) is 24.6 Å². The number of phenolic OH excluding ortho intramolecular Hbond substituents is 1. The van der Waals surface area contributed by atoms with E-state index in [0.29, 0.717) is 11.6 Å². The number of thiazole rings is 1. The van der Waals surface area contributed by atoms with Crippen molar-refractivity contribution in [3.8, 4) is 5.75 Å². The van der Waals surface area contributed by atoms with Crippen LogP contribution in [0.1, 0.15) is 11.3 Å².